The monoisotopic (exact) mass is 355 g/mol. The number of carbonyl (C=O) groups excluding carboxylic acids is 2. The molecule has 1 aliphatic rings. The molecule has 0 saturated carbocycles. The van der Waals surface area contributed by atoms with Crippen LogP contribution in [0.3, 0.4) is 0 Å². The maximum absolute atomic E-state index is 13.4. The van der Waals surface area contributed by atoms with Gasteiger partial charge in [-0.2, -0.15) is 0 Å². The van der Waals surface area contributed by atoms with E-state index in [2.05, 4.69) is 5.32 Å². The zero-order chi connectivity index (χ0) is 17.7. The summed E-state index contributed by atoms with van der Waals surface area (Å²) in [5.74, 6) is -1.90. The van der Waals surface area contributed by atoms with E-state index in [9.17, 15) is 22.4 Å². The highest BCUT2D eigenvalue weighted by Crippen LogP contribution is 2.12. The number of sulfone groups is 1. The first-order valence-electron chi connectivity index (χ1n) is 7.41. The van der Waals surface area contributed by atoms with Crippen LogP contribution in [-0.4, -0.2) is 43.9 Å². The molecule has 0 aromatic heterocycles. The zero-order valence-electron chi connectivity index (χ0n) is 13.1. The van der Waals surface area contributed by atoms with Crippen molar-refractivity contribution in [3.63, 3.8) is 0 Å². The fraction of sp³-hybridized carbons (Fsp3) is 0.375. The first-order chi connectivity index (χ1) is 11.3. The number of carbonyl (C=O) groups is 2. The van der Waals surface area contributed by atoms with Gasteiger partial charge in [-0.05, 0) is 25.5 Å². The minimum absolute atomic E-state index is 0.0392. The van der Waals surface area contributed by atoms with E-state index in [4.69, 9.17) is 4.74 Å². The van der Waals surface area contributed by atoms with E-state index < -0.39 is 39.7 Å². The van der Waals surface area contributed by atoms with Gasteiger partial charge in [-0.25, -0.2) is 17.6 Å². The van der Waals surface area contributed by atoms with Gasteiger partial charge >= 0.3 is 5.97 Å². The quantitative estimate of drug-likeness (QED) is 0.630. The Hall–Kier alpha value is -2.22. The van der Waals surface area contributed by atoms with Crippen LogP contribution in [-0.2, 0) is 24.2 Å². The molecular weight excluding hydrogens is 337 g/mol. The van der Waals surface area contributed by atoms with Gasteiger partial charge in [0.15, 0.2) is 15.9 Å². The summed E-state index contributed by atoms with van der Waals surface area (Å²) in [6.45, 7) is 1.38. The largest absolute Gasteiger partial charge is 0.449 e. The van der Waals surface area contributed by atoms with Crippen LogP contribution in [0.2, 0.25) is 0 Å². The second-order valence-corrected chi connectivity index (χ2v) is 7.77. The van der Waals surface area contributed by atoms with Crippen LogP contribution in [0.15, 0.2) is 30.3 Å². The lowest BCUT2D eigenvalue weighted by atomic mass is 10.2. The van der Waals surface area contributed by atoms with Crippen LogP contribution < -0.4 is 5.32 Å². The summed E-state index contributed by atoms with van der Waals surface area (Å²) in [6.07, 6.45) is 1.56. The fourth-order valence-electron chi connectivity index (χ4n) is 2.26. The van der Waals surface area contributed by atoms with Crippen molar-refractivity contribution in [3.05, 3.63) is 41.7 Å². The molecule has 0 bridgehead atoms. The van der Waals surface area contributed by atoms with Gasteiger partial charge in [-0.1, -0.05) is 18.2 Å². The van der Waals surface area contributed by atoms with Crippen LogP contribution in [0.5, 0.6) is 0 Å². The third-order valence-corrected chi connectivity index (χ3v) is 5.31. The van der Waals surface area contributed by atoms with E-state index in [1.54, 1.807) is 6.07 Å². The second kappa shape index (κ2) is 7.57. The summed E-state index contributed by atoms with van der Waals surface area (Å²) < 4.78 is 41.0. The van der Waals surface area contributed by atoms with E-state index in [1.807, 2.05) is 0 Å². The van der Waals surface area contributed by atoms with Gasteiger partial charge in [-0.15, -0.1) is 0 Å². The number of hydrogen-bond donors (Lipinski definition) is 1. The third kappa shape index (κ3) is 5.16. The standard InChI is InChI=1S/C16H18FNO5S/c1-11(16(20)18-13-8-9-24(21,22)10-13)23-15(19)7-6-12-4-2-3-5-14(12)17/h2-7,11,13H,8-10H2,1H3,(H,18,20)/b7-6+/t11-,13-/m0/s1. The third-order valence-electron chi connectivity index (χ3n) is 3.55. The molecular formula is C16H18FNO5S. The van der Waals surface area contributed by atoms with Gasteiger partial charge in [0.25, 0.3) is 5.91 Å². The molecule has 1 aromatic rings. The van der Waals surface area contributed by atoms with Gasteiger partial charge in [0.1, 0.15) is 5.82 Å². The van der Waals surface area contributed by atoms with Crippen molar-refractivity contribution >= 4 is 27.8 Å². The molecule has 0 aliphatic carbocycles. The van der Waals surface area contributed by atoms with Crippen LogP contribution in [0.25, 0.3) is 6.08 Å². The SMILES string of the molecule is C[C@H](OC(=O)/C=C/c1ccccc1F)C(=O)N[C@H]1CCS(=O)(=O)C1. The fourth-order valence-corrected chi connectivity index (χ4v) is 3.94. The molecule has 1 saturated heterocycles. The smallest absolute Gasteiger partial charge is 0.331 e. The molecule has 1 N–H and O–H groups in total. The summed E-state index contributed by atoms with van der Waals surface area (Å²) in [4.78, 5) is 23.6. The van der Waals surface area contributed by atoms with Gasteiger partial charge < -0.3 is 10.1 Å². The predicted molar refractivity (Wildman–Crippen MR) is 86.2 cm³/mol. The highest BCUT2D eigenvalue weighted by atomic mass is 32.2. The first-order valence-corrected chi connectivity index (χ1v) is 9.23. The number of benzene rings is 1. The maximum atomic E-state index is 13.4. The number of halogens is 1. The average Bonchev–Trinajstić information content (AvgIpc) is 2.85. The van der Waals surface area contributed by atoms with Crippen LogP contribution in [0.4, 0.5) is 4.39 Å². The number of amides is 1. The van der Waals surface area contributed by atoms with Crippen molar-refractivity contribution in [2.24, 2.45) is 0 Å². The molecule has 2 rings (SSSR count). The lowest BCUT2D eigenvalue weighted by molar-refractivity contribution is -0.150. The Bertz CT molecular complexity index is 759. The summed E-state index contributed by atoms with van der Waals surface area (Å²) in [6, 6.07) is 5.45. The predicted octanol–water partition coefficient (Wildman–Crippen LogP) is 1.07. The molecule has 1 aromatic carbocycles. The molecule has 24 heavy (non-hydrogen) atoms. The number of rotatable bonds is 5. The minimum Gasteiger partial charge on any atom is -0.449 e. The summed E-state index contributed by atoms with van der Waals surface area (Å²) in [5, 5.41) is 2.54. The topological polar surface area (TPSA) is 89.5 Å². The molecule has 0 unspecified atom stereocenters. The number of ether oxygens (including phenoxy) is 1. The van der Waals surface area contributed by atoms with E-state index in [1.165, 1.54) is 31.2 Å². The molecule has 0 radical (unpaired) electrons. The Morgan fingerprint density at radius 1 is 1.38 bits per heavy atom. The number of hydrogen-bond acceptors (Lipinski definition) is 5. The minimum atomic E-state index is -3.10. The van der Waals surface area contributed by atoms with E-state index in [0.717, 1.165) is 6.08 Å². The maximum Gasteiger partial charge on any atom is 0.331 e. The van der Waals surface area contributed by atoms with Crippen molar-refractivity contribution < 1.29 is 27.1 Å². The lowest BCUT2D eigenvalue weighted by Gasteiger charge is -2.15. The van der Waals surface area contributed by atoms with Crippen molar-refractivity contribution in [3.8, 4) is 0 Å². The van der Waals surface area contributed by atoms with Crippen LogP contribution >= 0.6 is 0 Å². The van der Waals surface area contributed by atoms with Crippen molar-refractivity contribution in [1.82, 2.24) is 5.32 Å². The zero-order valence-corrected chi connectivity index (χ0v) is 13.9. The normalized spacial score (nSPS) is 20.7. The van der Waals surface area contributed by atoms with Gasteiger partial charge in [0.05, 0.1) is 11.5 Å². The van der Waals surface area contributed by atoms with E-state index in [-0.39, 0.29) is 17.1 Å². The Labute approximate surface area is 139 Å². The molecule has 2 atom stereocenters. The van der Waals surface area contributed by atoms with Crippen molar-refractivity contribution in [2.75, 3.05) is 11.5 Å². The van der Waals surface area contributed by atoms with Crippen molar-refractivity contribution in [2.45, 2.75) is 25.5 Å². The molecule has 8 heteroatoms. The summed E-state index contributed by atoms with van der Waals surface area (Å²) >= 11 is 0. The van der Waals surface area contributed by atoms with Gasteiger partial charge in [0, 0.05) is 17.7 Å². The summed E-state index contributed by atoms with van der Waals surface area (Å²) in [5.41, 5.74) is 0.225. The highest BCUT2D eigenvalue weighted by molar-refractivity contribution is 7.91. The highest BCUT2D eigenvalue weighted by Gasteiger charge is 2.30. The Morgan fingerprint density at radius 3 is 2.71 bits per heavy atom. The Morgan fingerprint density at radius 2 is 2.08 bits per heavy atom. The number of esters is 1. The molecule has 1 fully saturated rings. The molecule has 6 nitrogen and oxygen atoms in total. The Kier molecular flexibility index (Phi) is 5.71. The molecule has 130 valence electrons. The van der Waals surface area contributed by atoms with Crippen molar-refractivity contribution in [1.29, 1.82) is 0 Å². The Balaban J connectivity index is 1.85. The first kappa shape index (κ1) is 18.1. The lowest BCUT2D eigenvalue weighted by Crippen LogP contribution is -2.42. The average molecular weight is 355 g/mol. The number of nitrogens with one attached hydrogen (secondary N) is 1. The van der Waals surface area contributed by atoms with E-state index in [0.29, 0.717) is 6.42 Å². The molecule has 1 amide bonds. The van der Waals surface area contributed by atoms with Crippen LogP contribution in [0.1, 0.15) is 18.9 Å². The molecule has 0 spiro atoms. The van der Waals surface area contributed by atoms with Crippen LogP contribution in [0, 0.1) is 5.82 Å². The molecule has 1 heterocycles. The van der Waals surface area contributed by atoms with Gasteiger partial charge in [-0.3, -0.25) is 4.79 Å². The molecule has 1 aliphatic heterocycles. The summed E-state index contributed by atoms with van der Waals surface area (Å²) in [7, 11) is -3.10. The van der Waals surface area contributed by atoms with Gasteiger partial charge in [0.2, 0.25) is 0 Å². The second-order valence-electron chi connectivity index (χ2n) is 5.54. The van der Waals surface area contributed by atoms with E-state index >= 15 is 0 Å².